The SMILES string of the molecule is COCCn1ccc2c(OCC(=O)N[C@H](c3ccc(OC)c(OC)c3)C(C)C)cccc21. The number of benzene rings is 2. The van der Waals surface area contributed by atoms with Gasteiger partial charge in [-0.15, -0.1) is 0 Å². The molecule has 1 atom stereocenters. The van der Waals surface area contributed by atoms with Gasteiger partial charge in [0.15, 0.2) is 18.1 Å². The number of ether oxygens (including phenoxy) is 4. The minimum atomic E-state index is -0.186. The molecule has 0 unspecified atom stereocenters. The Balaban J connectivity index is 1.70. The van der Waals surface area contributed by atoms with Crippen molar-refractivity contribution in [1.29, 1.82) is 0 Å². The van der Waals surface area contributed by atoms with Crippen molar-refractivity contribution in [3.8, 4) is 17.2 Å². The molecule has 3 rings (SSSR count). The molecule has 0 fully saturated rings. The van der Waals surface area contributed by atoms with Gasteiger partial charge in [-0.05, 0) is 41.8 Å². The zero-order chi connectivity index (χ0) is 23.1. The van der Waals surface area contributed by atoms with Crippen LogP contribution in [-0.2, 0) is 16.1 Å². The van der Waals surface area contributed by atoms with Crippen molar-refractivity contribution < 1.29 is 23.7 Å². The molecule has 3 aromatic rings. The lowest BCUT2D eigenvalue weighted by Gasteiger charge is -2.24. The topological polar surface area (TPSA) is 71.0 Å². The van der Waals surface area contributed by atoms with Crippen molar-refractivity contribution in [3.63, 3.8) is 0 Å². The molecule has 32 heavy (non-hydrogen) atoms. The van der Waals surface area contributed by atoms with Crippen LogP contribution >= 0.6 is 0 Å². The number of carbonyl (C=O) groups excluding carboxylic acids is 1. The van der Waals surface area contributed by atoms with Gasteiger partial charge in [0.1, 0.15) is 5.75 Å². The molecule has 0 radical (unpaired) electrons. The Morgan fingerprint density at radius 2 is 1.78 bits per heavy atom. The average molecular weight is 441 g/mol. The maximum Gasteiger partial charge on any atom is 0.258 e. The first-order valence-corrected chi connectivity index (χ1v) is 10.7. The summed E-state index contributed by atoms with van der Waals surface area (Å²) in [5.41, 5.74) is 1.99. The molecule has 0 saturated carbocycles. The first-order chi connectivity index (χ1) is 15.5. The molecule has 0 saturated heterocycles. The van der Waals surface area contributed by atoms with E-state index in [2.05, 4.69) is 23.7 Å². The number of carbonyl (C=O) groups is 1. The molecule has 0 bridgehead atoms. The highest BCUT2D eigenvalue weighted by molar-refractivity contribution is 5.87. The molecular formula is C25H32N2O5. The number of methoxy groups -OCH3 is 3. The Kier molecular flexibility index (Phi) is 8.00. The molecule has 1 N–H and O–H groups in total. The van der Waals surface area contributed by atoms with Crippen molar-refractivity contribution in [3.05, 3.63) is 54.2 Å². The van der Waals surface area contributed by atoms with Crippen molar-refractivity contribution in [1.82, 2.24) is 9.88 Å². The fraction of sp³-hybridized carbons (Fsp3) is 0.400. The van der Waals surface area contributed by atoms with Gasteiger partial charge in [-0.2, -0.15) is 0 Å². The quantitative estimate of drug-likeness (QED) is 0.484. The second kappa shape index (κ2) is 10.9. The van der Waals surface area contributed by atoms with Gasteiger partial charge in [0.25, 0.3) is 5.91 Å². The van der Waals surface area contributed by atoms with E-state index in [1.807, 2.05) is 48.7 Å². The fourth-order valence-corrected chi connectivity index (χ4v) is 3.75. The second-order valence-corrected chi connectivity index (χ2v) is 7.88. The van der Waals surface area contributed by atoms with E-state index in [-0.39, 0.29) is 24.5 Å². The van der Waals surface area contributed by atoms with Crippen LogP contribution < -0.4 is 19.5 Å². The summed E-state index contributed by atoms with van der Waals surface area (Å²) in [6.45, 7) is 5.44. The Labute approximate surface area is 189 Å². The monoisotopic (exact) mass is 440 g/mol. The van der Waals surface area contributed by atoms with E-state index in [1.54, 1.807) is 21.3 Å². The van der Waals surface area contributed by atoms with Crippen LogP contribution in [0.5, 0.6) is 17.2 Å². The zero-order valence-electron chi connectivity index (χ0n) is 19.4. The minimum Gasteiger partial charge on any atom is -0.493 e. The van der Waals surface area contributed by atoms with Crippen LogP contribution in [0, 0.1) is 5.92 Å². The summed E-state index contributed by atoms with van der Waals surface area (Å²) in [7, 11) is 4.88. The van der Waals surface area contributed by atoms with Gasteiger partial charge in [0.2, 0.25) is 0 Å². The number of fused-ring (bicyclic) bond motifs is 1. The van der Waals surface area contributed by atoms with E-state index in [4.69, 9.17) is 18.9 Å². The Morgan fingerprint density at radius 3 is 2.47 bits per heavy atom. The highest BCUT2D eigenvalue weighted by Crippen LogP contribution is 2.32. The summed E-state index contributed by atoms with van der Waals surface area (Å²) in [5, 5.41) is 4.06. The summed E-state index contributed by atoms with van der Waals surface area (Å²) < 4.78 is 23.9. The largest absolute Gasteiger partial charge is 0.493 e. The Bertz CT molecular complexity index is 1040. The van der Waals surface area contributed by atoms with Crippen LogP contribution in [0.4, 0.5) is 0 Å². The Morgan fingerprint density at radius 1 is 1.00 bits per heavy atom. The van der Waals surface area contributed by atoms with Crippen LogP contribution in [0.25, 0.3) is 10.9 Å². The summed E-state index contributed by atoms with van der Waals surface area (Å²) in [6, 6.07) is 13.3. The maximum absolute atomic E-state index is 12.8. The average Bonchev–Trinajstić information content (AvgIpc) is 3.22. The number of hydrogen-bond acceptors (Lipinski definition) is 5. The predicted molar refractivity (Wildman–Crippen MR) is 125 cm³/mol. The standard InChI is InChI=1S/C25H32N2O5/c1-17(2)25(18-9-10-22(30-4)23(15-18)31-5)26-24(28)16-32-21-8-6-7-20-19(21)11-12-27(20)13-14-29-3/h6-12,15,17,25H,13-14,16H2,1-5H3,(H,26,28)/t25-/m0/s1. The summed E-state index contributed by atoms with van der Waals surface area (Å²) in [6.07, 6.45) is 2.00. The maximum atomic E-state index is 12.8. The summed E-state index contributed by atoms with van der Waals surface area (Å²) in [4.78, 5) is 12.8. The van der Waals surface area contributed by atoms with Gasteiger partial charge in [-0.1, -0.05) is 26.0 Å². The van der Waals surface area contributed by atoms with Crippen LogP contribution in [0.1, 0.15) is 25.5 Å². The number of hydrogen-bond donors (Lipinski definition) is 1. The first kappa shape index (κ1) is 23.5. The molecule has 0 aliphatic heterocycles. The lowest BCUT2D eigenvalue weighted by atomic mass is 9.95. The molecule has 0 aliphatic rings. The van der Waals surface area contributed by atoms with Crippen molar-refractivity contribution >= 4 is 16.8 Å². The highest BCUT2D eigenvalue weighted by Gasteiger charge is 2.20. The number of nitrogens with one attached hydrogen (secondary N) is 1. The normalized spacial score (nSPS) is 12.1. The highest BCUT2D eigenvalue weighted by atomic mass is 16.5. The van der Waals surface area contributed by atoms with Crippen molar-refractivity contribution in [2.24, 2.45) is 5.92 Å². The molecule has 1 aromatic heterocycles. The van der Waals surface area contributed by atoms with E-state index in [0.29, 0.717) is 23.9 Å². The van der Waals surface area contributed by atoms with Gasteiger partial charge in [-0.25, -0.2) is 0 Å². The van der Waals surface area contributed by atoms with Gasteiger partial charge in [0, 0.05) is 25.2 Å². The Hall–Kier alpha value is -3.19. The van der Waals surface area contributed by atoms with E-state index < -0.39 is 0 Å². The van der Waals surface area contributed by atoms with E-state index in [0.717, 1.165) is 23.0 Å². The number of amides is 1. The minimum absolute atomic E-state index is 0.0706. The molecule has 0 spiro atoms. The number of nitrogens with zero attached hydrogens (tertiary/aromatic N) is 1. The summed E-state index contributed by atoms with van der Waals surface area (Å²) in [5.74, 6) is 1.95. The molecule has 172 valence electrons. The molecule has 0 aliphatic carbocycles. The van der Waals surface area contributed by atoms with Gasteiger partial charge < -0.3 is 28.8 Å². The second-order valence-electron chi connectivity index (χ2n) is 7.88. The van der Waals surface area contributed by atoms with E-state index in [9.17, 15) is 4.79 Å². The van der Waals surface area contributed by atoms with E-state index in [1.165, 1.54) is 0 Å². The number of rotatable bonds is 11. The van der Waals surface area contributed by atoms with Gasteiger partial charge in [0.05, 0.1) is 32.4 Å². The van der Waals surface area contributed by atoms with Gasteiger partial charge >= 0.3 is 0 Å². The molecule has 7 nitrogen and oxygen atoms in total. The van der Waals surface area contributed by atoms with Crippen LogP contribution in [0.2, 0.25) is 0 Å². The van der Waals surface area contributed by atoms with Crippen molar-refractivity contribution in [2.75, 3.05) is 34.5 Å². The third kappa shape index (κ3) is 5.34. The lowest BCUT2D eigenvalue weighted by molar-refractivity contribution is -0.124. The zero-order valence-corrected chi connectivity index (χ0v) is 19.4. The summed E-state index contributed by atoms with van der Waals surface area (Å²) >= 11 is 0. The third-order valence-electron chi connectivity index (χ3n) is 5.42. The lowest BCUT2D eigenvalue weighted by Crippen LogP contribution is -2.35. The molecule has 1 heterocycles. The molecular weight excluding hydrogens is 408 g/mol. The van der Waals surface area contributed by atoms with Crippen LogP contribution in [0.3, 0.4) is 0 Å². The van der Waals surface area contributed by atoms with Crippen LogP contribution in [0.15, 0.2) is 48.7 Å². The number of aromatic nitrogens is 1. The van der Waals surface area contributed by atoms with Crippen LogP contribution in [-0.4, -0.2) is 45.0 Å². The fourth-order valence-electron chi connectivity index (χ4n) is 3.75. The van der Waals surface area contributed by atoms with Crippen molar-refractivity contribution in [2.45, 2.75) is 26.4 Å². The molecule has 1 amide bonds. The predicted octanol–water partition coefficient (Wildman–Crippen LogP) is 4.20. The smallest absolute Gasteiger partial charge is 0.258 e. The first-order valence-electron chi connectivity index (χ1n) is 10.7. The van der Waals surface area contributed by atoms with Gasteiger partial charge in [-0.3, -0.25) is 4.79 Å². The molecule has 2 aromatic carbocycles. The third-order valence-corrected chi connectivity index (χ3v) is 5.42. The molecule has 7 heteroatoms. The van der Waals surface area contributed by atoms with E-state index >= 15 is 0 Å².